The molecule has 5 fully saturated rings. The molecule has 4 saturated heterocycles. The number of piperazine rings is 1. The van der Waals surface area contributed by atoms with Gasteiger partial charge in [-0.1, -0.05) is 58.9 Å². The van der Waals surface area contributed by atoms with Crippen LogP contribution in [0.5, 0.6) is 17.4 Å². The molecule has 8 aliphatic rings. The molecule has 3 aromatic carbocycles. The highest BCUT2D eigenvalue weighted by Crippen LogP contribution is 2.55. The summed E-state index contributed by atoms with van der Waals surface area (Å²) in [4.78, 5) is 49.8. The average Bonchev–Trinajstić information content (AvgIpc) is 1.16. The Morgan fingerprint density at radius 2 is 1.68 bits per heavy atom. The van der Waals surface area contributed by atoms with E-state index in [9.17, 15) is 18.5 Å². The van der Waals surface area contributed by atoms with Gasteiger partial charge >= 0.3 is 0 Å². The summed E-state index contributed by atoms with van der Waals surface area (Å²) in [6.07, 6.45) is 10.8. The first-order valence-corrected chi connectivity index (χ1v) is 33.2. The number of carbonyl (C=O) groups excluding carboxylic acids is 1. The topological polar surface area (TPSA) is 219 Å². The first-order valence-electron chi connectivity index (χ1n) is 31.7. The Hall–Kier alpha value is -7.04. The number of nitro groups is 1. The van der Waals surface area contributed by atoms with Crippen LogP contribution >= 0.6 is 0 Å². The molecular weight excluding hydrogens is 1140 g/mol. The molecule has 0 radical (unpaired) electrons. The highest BCUT2D eigenvalue weighted by Gasteiger charge is 2.51. The molecule has 10 heterocycles. The number of nitro benzene ring substituents is 1. The molecule has 21 heteroatoms. The zero-order valence-corrected chi connectivity index (χ0v) is 52.4. The number of pyridine rings is 2. The third-order valence-corrected chi connectivity index (χ3v) is 22.2. The largest absolute Gasteiger partial charge is 0.491 e. The molecule has 466 valence electrons. The summed E-state index contributed by atoms with van der Waals surface area (Å²) in [5.74, 6) is 0.645. The van der Waals surface area contributed by atoms with Crippen molar-refractivity contribution in [2.75, 3.05) is 87.5 Å². The first kappa shape index (κ1) is 58.6. The number of rotatable bonds is 11. The average molecular weight is 1220 g/mol. The van der Waals surface area contributed by atoms with Crippen molar-refractivity contribution in [1.82, 2.24) is 29.5 Å². The van der Waals surface area contributed by atoms with E-state index in [1.165, 1.54) is 28.3 Å². The van der Waals surface area contributed by atoms with Crippen molar-refractivity contribution in [3.05, 3.63) is 123 Å². The summed E-state index contributed by atoms with van der Waals surface area (Å²) in [6, 6.07) is 21.0. The quantitative estimate of drug-likeness (QED) is 0.0811. The molecule has 0 unspecified atom stereocenters. The Balaban J connectivity index is 0.728. The number of fused-ring (bicyclic) bond motifs is 5. The number of hydrogen-bond acceptors (Lipinski definition) is 17. The fourth-order valence-corrected chi connectivity index (χ4v) is 16.8. The molecule has 0 bridgehead atoms. The monoisotopic (exact) mass is 1220 g/mol. The van der Waals surface area contributed by atoms with E-state index >= 15 is 4.79 Å². The lowest BCUT2D eigenvalue weighted by Crippen LogP contribution is -2.60. The van der Waals surface area contributed by atoms with Gasteiger partial charge in [0.05, 0.1) is 52.1 Å². The number of benzene rings is 3. The molecule has 5 atom stereocenters. The molecular formula is C67H82N10O10S. The number of piperidine rings is 1. The number of sulfonamides is 1. The molecule has 3 N–H and O–H groups in total. The highest BCUT2D eigenvalue weighted by atomic mass is 32.2. The maximum absolute atomic E-state index is 15.0. The standard InChI is InChI=1S/C67H82N10O10S/c1-40-10-8-9-11-47(40)55-37-74(41(2)49-36-69-61(65(3,4)5)60-58(49)66(6,7)20-29-85-60)24-25-75(55)45-34-67(35-45)18-22-73(23-19-67)44-12-13-48(52(31-44)76-51-17-28-84-39-57(51)87-64-54(76)30-43-14-21-68-62(43)71-64)63(78)72-88(81,82)46-32-53(77(79)80)59-56(33-46)86-38-50(70-59)42-15-26-83-27-16-42/h8-14,21,30-33,36,41-42,45,50-51,55,57,70H,15-20,22-29,34-35,37-39H2,1-7H3,(H,68,71)(H,72,78)/t41-,50-,51-,55-,57-/m0/s1. The van der Waals surface area contributed by atoms with Gasteiger partial charge in [0, 0.05) is 117 Å². The van der Waals surface area contributed by atoms with E-state index in [-0.39, 0.29) is 69.9 Å². The summed E-state index contributed by atoms with van der Waals surface area (Å²) in [6.45, 7) is 23.3. The Kier molecular flexibility index (Phi) is 15.0. The predicted molar refractivity (Wildman–Crippen MR) is 336 cm³/mol. The Labute approximate surface area is 515 Å². The molecule has 6 aromatic rings. The number of aryl methyl sites for hydroxylation is 1. The van der Waals surface area contributed by atoms with Crippen molar-refractivity contribution in [3.63, 3.8) is 0 Å². The zero-order chi connectivity index (χ0) is 61.0. The van der Waals surface area contributed by atoms with Crippen LogP contribution < -0.4 is 34.0 Å². The van der Waals surface area contributed by atoms with Gasteiger partial charge in [0.25, 0.3) is 21.6 Å². The second-order valence-electron chi connectivity index (χ2n) is 27.7. The minimum atomic E-state index is -4.72. The normalized spacial score (nSPS) is 24.3. The van der Waals surface area contributed by atoms with Crippen LogP contribution in [0.15, 0.2) is 84.0 Å². The fourth-order valence-electron chi connectivity index (χ4n) is 15.8. The van der Waals surface area contributed by atoms with Crippen LogP contribution in [0.4, 0.5) is 28.4 Å². The van der Waals surface area contributed by atoms with Crippen molar-refractivity contribution in [3.8, 4) is 17.4 Å². The van der Waals surface area contributed by atoms with Gasteiger partial charge in [0.2, 0.25) is 5.88 Å². The van der Waals surface area contributed by atoms with E-state index < -0.39 is 37.5 Å². The Morgan fingerprint density at radius 3 is 2.45 bits per heavy atom. The first-order chi connectivity index (χ1) is 42.2. The van der Waals surface area contributed by atoms with Crippen LogP contribution in [0.3, 0.4) is 0 Å². The maximum Gasteiger partial charge on any atom is 0.297 e. The lowest BCUT2D eigenvalue weighted by molar-refractivity contribution is -0.384. The van der Waals surface area contributed by atoms with Crippen molar-refractivity contribution >= 4 is 55.4 Å². The number of carbonyl (C=O) groups is 1. The minimum Gasteiger partial charge on any atom is -0.491 e. The van der Waals surface area contributed by atoms with Crippen LogP contribution in [0.1, 0.15) is 143 Å². The van der Waals surface area contributed by atoms with Crippen molar-refractivity contribution in [2.24, 2.45) is 11.3 Å². The molecule has 1 amide bonds. The molecule has 1 saturated carbocycles. The summed E-state index contributed by atoms with van der Waals surface area (Å²) in [5, 5.41) is 16.8. The van der Waals surface area contributed by atoms with Gasteiger partial charge in [-0.3, -0.25) is 29.7 Å². The number of nitrogens with zero attached hydrogens (tertiary/aromatic N) is 7. The lowest BCUT2D eigenvalue weighted by Gasteiger charge is -2.58. The highest BCUT2D eigenvalue weighted by molar-refractivity contribution is 7.90. The van der Waals surface area contributed by atoms with Crippen LogP contribution in [0.2, 0.25) is 0 Å². The van der Waals surface area contributed by atoms with Gasteiger partial charge in [-0.2, -0.15) is 4.98 Å². The van der Waals surface area contributed by atoms with Gasteiger partial charge in [0.1, 0.15) is 29.8 Å². The second kappa shape index (κ2) is 22.5. The number of ether oxygens (including phenoxy) is 5. The molecule has 1 spiro atoms. The van der Waals surface area contributed by atoms with Crippen molar-refractivity contribution < 1.29 is 41.8 Å². The van der Waals surface area contributed by atoms with Gasteiger partial charge in [0.15, 0.2) is 11.4 Å². The molecule has 20 nitrogen and oxygen atoms in total. The number of H-pyrrole nitrogens is 1. The van der Waals surface area contributed by atoms with Crippen LogP contribution in [-0.4, -0.2) is 141 Å². The Bertz CT molecular complexity index is 3810. The number of amides is 1. The predicted octanol–water partition coefficient (Wildman–Crippen LogP) is 10.8. The number of hydrogen-bond donors (Lipinski definition) is 3. The zero-order valence-electron chi connectivity index (χ0n) is 51.6. The van der Waals surface area contributed by atoms with Crippen molar-refractivity contribution in [2.45, 2.75) is 152 Å². The van der Waals surface area contributed by atoms with E-state index in [1.807, 2.05) is 30.5 Å². The van der Waals surface area contributed by atoms with Gasteiger partial charge < -0.3 is 43.8 Å². The third-order valence-electron chi connectivity index (χ3n) is 20.9. The lowest BCUT2D eigenvalue weighted by atomic mass is 9.59. The molecule has 1 aliphatic carbocycles. The SMILES string of the molecule is Cc1ccccc1[C@@H]1CN([C@@H](C)c2cnc(C(C)(C)C)c3c2C(C)(C)CCO3)CCN1C1CC2(CCN(c3ccc(C(=O)NS(=O)(=O)c4cc5c(c([N+](=O)[O-])c4)N[C@H](C4CCOCC4)CO5)c(N4c5cc6cc[nH]c6nc5O[C@H]5COCC[C@@H]54)c3)CC2)C1. The number of aromatic nitrogens is 3. The van der Waals surface area contributed by atoms with E-state index in [4.69, 9.17) is 33.7 Å². The maximum atomic E-state index is 15.0. The van der Waals surface area contributed by atoms with E-state index in [0.717, 1.165) is 106 Å². The van der Waals surface area contributed by atoms with Crippen LogP contribution in [0.25, 0.3) is 11.0 Å². The fraction of sp³-hybridized carbons (Fsp3) is 0.537. The van der Waals surface area contributed by atoms with Gasteiger partial charge in [-0.15, -0.1) is 0 Å². The summed E-state index contributed by atoms with van der Waals surface area (Å²) in [5.41, 5.74) is 8.77. The number of aromatic amines is 1. The van der Waals surface area contributed by atoms with Crippen LogP contribution in [-0.2, 0) is 30.3 Å². The van der Waals surface area contributed by atoms with Gasteiger partial charge in [-0.05, 0) is 129 Å². The Morgan fingerprint density at radius 1 is 0.898 bits per heavy atom. The molecule has 3 aromatic heterocycles. The van der Waals surface area contributed by atoms with Crippen molar-refractivity contribution in [1.29, 1.82) is 0 Å². The van der Waals surface area contributed by atoms with Crippen LogP contribution in [0, 0.1) is 28.4 Å². The summed E-state index contributed by atoms with van der Waals surface area (Å²) < 4.78 is 62.1. The number of nitrogens with one attached hydrogen (secondary N) is 3. The summed E-state index contributed by atoms with van der Waals surface area (Å²) in [7, 11) is -4.72. The van der Waals surface area contributed by atoms with E-state index in [0.29, 0.717) is 68.4 Å². The number of anilines is 4. The van der Waals surface area contributed by atoms with E-state index in [2.05, 4.69) is 114 Å². The van der Waals surface area contributed by atoms with E-state index in [1.54, 1.807) is 6.07 Å². The second-order valence-corrected chi connectivity index (χ2v) is 29.4. The third kappa shape index (κ3) is 10.6. The summed E-state index contributed by atoms with van der Waals surface area (Å²) >= 11 is 0. The molecule has 14 rings (SSSR count). The molecule has 7 aliphatic heterocycles. The smallest absolute Gasteiger partial charge is 0.297 e. The molecule has 88 heavy (non-hydrogen) atoms. The van der Waals surface area contributed by atoms with Gasteiger partial charge in [-0.25, -0.2) is 13.1 Å². The minimum absolute atomic E-state index is 0.0277.